The molecule has 1 saturated heterocycles. The van der Waals surface area contributed by atoms with Crippen LogP contribution >= 0.6 is 23.2 Å². The molecule has 0 aliphatic carbocycles. The molecule has 1 aliphatic rings. The summed E-state index contributed by atoms with van der Waals surface area (Å²) in [7, 11) is -3.70. The maximum atomic E-state index is 12.7. The highest BCUT2D eigenvalue weighted by molar-refractivity contribution is 7.89. The van der Waals surface area contributed by atoms with E-state index in [-0.39, 0.29) is 21.0 Å². The number of hydrogen-bond acceptors (Lipinski definition) is 4. The smallest absolute Gasteiger partial charge is 0.207 e. The average molecular weight is 361 g/mol. The monoisotopic (exact) mass is 360 g/mol. The highest BCUT2D eigenvalue weighted by Gasteiger charge is 2.33. The van der Waals surface area contributed by atoms with Gasteiger partial charge in [0.1, 0.15) is 4.90 Å². The second kappa shape index (κ2) is 6.16. The Balaban J connectivity index is 1.81. The van der Waals surface area contributed by atoms with Gasteiger partial charge in [-0.2, -0.15) is 19.3 Å². The van der Waals surface area contributed by atoms with Crippen molar-refractivity contribution in [3.63, 3.8) is 0 Å². The average Bonchev–Trinajstić information content (AvgIpc) is 3.01. The number of sulfonamides is 1. The van der Waals surface area contributed by atoms with Gasteiger partial charge in [-0.15, -0.1) is 0 Å². The fraction of sp³-hybridized carbons (Fsp3) is 0.385. The van der Waals surface area contributed by atoms with Crippen LogP contribution in [0.15, 0.2) is 35.5 Å². The molecule has 0 atom stereocenters. The third-order valence-corrected chi connectivity index (χ3v) is 6.56. The minimum atomic E-state index is -3.70. The summed E-state index contributed by atoms with van der Waals surface area (Å²) in [4.78, 5) is 1.61. The normalized spacial score (nSPS) is 17.7. The van der Waals surface area contributed by atoms with Gasteiger partial charge in [0.2, 0.25) is 10.0 Å². The van der Waals surface area contributed by atoms with E-state index in [2.05, 4.69) is 10.2 Å². The van der Waals surface area contributed by atoms with Crippen molar-refractivity contribution in [3.8, 4) is 0 Å². The van der Waals surface area contributed by atoms with Crippen molar-refractivity contribution >= 4 is 33.2 Å². The van der Waals surface area contributed by atoms with Gasteiger partial charge in [-0.3, -0.25) is 0 Å². The maximum Gasteiger partial charge on any atom is 0.246 e. The fourth-order valence-corrected chi connectivity index (χ4v) is 5.15. The quantitative estimate of drug-likeness (QED) is 0.843. The first-order chi connectivity index (χ1) is 10.5. The summed E-state index contributed by atoms with van der Waals surface area (Å²) in [5, 5.41) is 8.50. The zero-order valence-corrected chi connectivity index (χ0v) is 13.9. The molecule has 22 heavy (non-hydrogen) atoms. The number of aromatic nitrogens is 3. The molecule has 0 spiro atoms. The molecule has 1 fully saturated rings. The van der Waals surface area contributed by atoms with E-state index in [4.69, 9.17) is 23.2 Å². The van der Waals surface area contributed by atoms with Gasteiger partial charge in [-0.25, -0.2) is 8.42 Å². The Morgan fingerprint density at radius 3 is 2.14 bits per heavy atom. The lowest BCUT2D eigenvalue weighted by molar-refractivity contribution is 0.245. The molecule has 0 amide bonds. The van der Waals surface area contributed by atoms with Crippen LogP contribution in [0, 0.1) is 0 Å². The Kier molecular flexibility index (Phi) is 4.40. The number of hydrogen-bond donors (Lipinski definition) is 0. The van der Waals surface area contributed by atoms with Crippen LogP contribution in [0.5, 0.6) is 0 Å². The van der Waals surface area contributed by atoms with E-state index in [1.54, 1.807) is 23.3 Å². The minimum Gasteiger partial charge on any atom is -0.207 e. The highest BCUT2D eigenvalue weighted by atomic mass is 35.5. The lowest BCUT2D eigenvalue weighted by Crippen LogP contribution is -2.39. The summed E-state index contributed by atoms with van der Waals surface area (Å²) >= 11 is 12.1. The zero-order chi connectivity index (χ0) is 15.7. The molecule has 2 heterocycles. The van der Waals surface area contributed by atoms with Crippen molar-refractivity contribution in [1.82, 2.24) is 19.3 Å². The predicted molar refractivity (Wildman–Crippen MR) is 83.5 cm³/mol. The summed E-state index contributed by atoms with van der Waals surface area (Å²) in [6.45, 7) is 0.770. The Morgan fingerprint density at radius 1 is 1.05 bits per heavy atom. The molecule has 9 heteroatoms. The van der Waals surface area contributed by atoms with Crippen molar-refractivity contribution in [2.24, 2.45) is 0 Å². The van der Waals surface area contributed by atoms with E-state index >= 15 is 0 Å². The molecule has 0 saturated carbocycles. The van der Waals surface area contributed by atoms with Crippen LogP contribution in [0.4, 0.5) is 0 Å². The molecule has 0 unspecified atom stereocenters. The first-order valence-corrected chi connectivity index (χ1v) is 8.99. The first kappa shape index (κ1) is 15.7. The van der Waals surface area contributed by atoms with Gasteiger partial charge in [0, 0.05) is 13.1 Å². The summed E-state index contributed by atoms with van der Waals surface area (Å²) in [5.41, 5.74) is 0. The minimum absolute atomic E-state index is 0.0194. The third kappa shape index (κ3) is 2.86. The summed E-state index contributed by atoms with van der Waals surface area (Å²) < 4.78 is 26.9. The third-order valence-electron chi connectivity index (χ3n) is 3.70. The molecule has 1 aromatic heterocycles. The highest BCUT2D eigenvalue weighted by Crippen LogP contribution is 2.33. The number of piperidine rings is 1. The zero-order valence-electron chi connectivity index (χ0n) is 11.6. The van der Waals surface area contributed by atoms with Crippen LogP contribution in [0.3, 0.4) is 0 Å². The van der Waals surface area contributed by atoms with Crippen molar-refractivity contribution in [3.05, 3.63) is 40.6 Å². The van der Waals surface area contributed by atoms with Gasteiger partial charge in [-0.05, 0) is 25.0 Å². The summed E-state index contributed by atoms with van der Waals surface area (Å²) in [6.07, 6.45) is 4.53. The molecule has 3 rings (SSSR count). The van der Waals surface area contributed by atoms with E-state index in [9.17, 15) is 8.42 Å². The maximum absolute atomic E-state index is 12.7. The second-order valence-electron chi connectivity index (χ2n) is 5.04. The molecular formula is C13H14Cl2N4O2S. The Bertz CT molecular complexity index is 736. The number of rotatable bonds is 3. The van der Waals surface area contributed by atoms with Crippen LogP contribution < -0.4 is 0 Å². The molecule has 1 aromatic carbocycles. The number of benzene rings is 1. The second-order valence-corrected chi connectivity index (χ2v) is 7.72. The largest absolute Gasteiger partial charge is 0.246 e. The SMILES string of the molecule is O=S(=O)(c1c(Cl)cccc1Cl)N1CCC(n2nccn2)CC1. The number of halogens is 2. The van der Waals surface area contributed by atoms with Crippen LogP contribution in [-0.2, 0) is 10.0 Å². The topological polar surface area (TPSA) is 68.1 Å². The van der Waals surface area contributed by atoms with Gasteiger partial charge >= 0.3 is 0 Å². The molecule has 6 nitrogen and oxygen atoms in total. The molecular weight excluding hydrogens is 347 g/mol. The summed E-state index contributed by atoms with van der Waals surface area (Å²) in [5.74, 6) is 0. The predicted octanol–water partition coefficient (Wildman–Crippen LogP) is 2.61. The molecule has 0 N–H and O–H groups in total. The molecule has 118 valence electrons. The number of nitrogens with zero attached hydrogens (tertiary/aromatic N) is 4. The van der Waals surface area contributed by atoms with Gasteiger partial charge in [0.05, 0.1) is 28.5 Å². The van der Waals surface area contributed by atoms with E-state index in [0.717, 1.165) is 0 Å². The van der Waals surface area contributed by atoms with E-state index < -0.39 is 10.0 Å². The molecule has 0 bridgehead atoms. The first-order valence-electron chi connectivity index (χ1n) is 6.80. The summed E-state index contributed by atoms with van der Waals surface area (Å²) in [6, 6.07) is 4.80. The van der Waals surface area contributed by atoms with Gasteiger partial charge < -0.3 is 0 Å². The van der Waals surface area contributed by atoms with E-state index in [0.29, 0.717) is 25.9 Å². The van der Waals surface area contributed by atoms with Crippen molar-refractivity contribution in [2.45, 2.75) is 23.8 Å². The van der Waals surface area contributed by atoms with Crippen LogP contribution in [0.1, 0.15) is 18.9 Å². The van der Waals surface area contributed by atoms with Gasteiger partial charge in [0.25, 0.3) is 0 Å². The Labute approximate surface area is 138 Å². The van der Waals surface area contributed by atoms with Crippen molar-refractivity contribution < 1.29 is 8.42 Å². The standard InChI is InChI=1S/C13H14Cl2N4O2S/c14-11-2-1-3-12(15)13(11)22(20,21)18-8-4-10(5-9-18)19-16-6-7-17-19/h1-3,6-7,10H,4-5,8-9H2. The Hall–Kier alpha value is -1.15. The Morgan fingerprint density at radius 2 is 1.59 bits per heavy atom. The molecule has 2 aromatic rings. The fourth-order valence-electron chi connectivity index (χ4n) is 2.59. The van der Waals surface area contributed by atoms with Gasteiger partial charge in [0.15, 0.2) is 0 Å². The molecule has 1 aliphatic heterocycles. The van der Waals surface area contributed by atoms with Crippen LogP contribution in [0.25, 0.3) is 0 Å². The van der Waals surface area contributed by atoms with E-state index in [1.807, 2.05) is 0 Å². The van der Waals surface area contributed by atoms with Crippen molar-refractivity contribution in [2.75, 3.05) is 13.1 Å². The van der Waals surface area contributed by atoms with Crippen molar-refractivity contribution in [1.29, 1.82) is 0 Å². The van der Waals surface area contributed by atoms with Crippen LogP contribution in [-0.4, -0.2) is 40.8 Å². The lowest BCUT2D eigenvalue weighted by atomic mass is 10.1. The van der Waals surface area contributed by atoms with Gasteiger partial charge in [-0.1, -0.05) is 29.3 Å². The van der Waals surface area contributed by atoms with E-state index in [1.165, 1.54) is 16.4 Å². The van der Waals surface area contributed by atoms with Crippen LogP contribution in [0.2, 0.25) is 10.0 Å². The lowest BCUT2D eigenvalue weighted by Gasteiger charge is -2.31. The molecule has 0 radical (unpaired) electrons.